The van der Waals surface area contributed by atoms with Crippen molar-refractivity contribution in [2.45, 2.75) is 13.0 Å². The third-order valence-electron chi connectivity index (χ3n) is 2.59. The number of amides is 1. The summed E-state index contributed by atoms with van der Waals surface area (Å²) in [7, 11) is 0. The summed E-state index contributed by atoms with van der Waals surface area (Å²) in [5.41, 5.74) is 3.81. The van der Waals surface area contributed by atoms with Crippen molar-refractivity contribution in [3.05, 3.63) is 58.6 Å². The van der Waals surface area contributed by atoms with Crippen molar-refractivity contribution in [2.75, 3.05) is 0 Å². The molecule has 0 aliphatic carbocycles. The highest BCUT2D eigenvalue weighted by molar-refractivity contribution is 7.11. The van der Waals surface area contributed by atoms with Gasteiger partial charge in [0.1, 0.15) is 12.4 Å². The predicted molar refractivity (Wildman–Crippen MR) is 78.4 cm³/mol. The van der Waals surface area contributed by atoms with Gasteiger partial charge in [0.25, 0.3) is 5.91 Å². The molecular weight excluding hydrogens is 274 g/mol. The fraction of sp³-hybridized carbons (Fsp3) is 0.143. The fourth-order valence-corrected chi connectivity index (χ4v) is 2.36. The number of benzene rings is 1. The van der Waals surface area contributed by atoms with Crippen molar-refractivity contribution in [1.82, 2.24) is 10.4 Å². The summed E-state index contributed by atoms with van der Waals surface area (Å²) in [5.74, 6) is 5.46. The average Bonchev–Trinajstić information content (AvgIpc) is 2.95. The van der Waals surface area contributed by atoms with Crippen LogP contribution in [-0.4, -0.2) is 10.9 Å². The molecule has 0 aliphatic rings. The maximum absolute atomic E-state index is 11.3. The van der Waals surface area contributed by atoms with Crippen LogP contribution in [0.25, 0.3) is 0 Å². The van der Waals surface area contributed by atoms with Crippen molar-refractivity contribution in [2.24, 2.45) is 5.84 Å². The van der Waals surface area contributed by atoms with Crippen LogP contribution in [0.5, 0.6) is 5.75 Å². The molecule has 5 nitrogen and oxygen atoms in total. The van der Waals surface area contributed by atoms with Crippen LogP contribution >= 0.6 is 11.3 Å². The molecule has 0 saturated carbocycles. The molecule has 0 spiro atoms. The van der Waals surface area contributed by atoms with Gasteiger partial charge < -0.3 is 4.74 Å². The number of nitrogens with two attached hydrogens (primary N) is 1. The Hall–Kier alpha value is -2.18. The maximum atomic E-state index is 11.3. The van der Waals surface area contributed by atoms with E-state index in [9.17, 15) is 4.79 Å². The smallest absolute Gasteiger partial charge is 0.294 e. The Morgan fingerprint density at radius 3 is 3.05 bits per heavy atom. The molecule has 2 aromatic rings. The molecule has 0 fully saturated rings. The molecule has 104 valence electrons. The lowest BCUT2D eigenvalue weighted by Crippen LogP contribution is -2.29. The number of thiazole rings is 1. The zero-order chi connectivity index (χ0) is 14.4. The highest BCUT2D eigenvalue weighted by atomic mass is 32.1. The number of rotatable bonds is 6. The first-order valence-electron chi connectivity index (χ1n) is 6.01. The van der Waals surface area contributed by atoms with E-state index < -0.39 is 5.91 Å². The lowest BCUT2D eigenvalue weighted by Gasteiger charge is -2.08. The number of carbonyl (C=O) groups is 1. The fourth-order valence-electron chi connectivity index (χ4n) is 1.66. The van der Waals surface area contributed by atoms with Crippen LogP contribution in [-0.2, 0) is 13.0 Å². The van der Waals surface area contributed by atoms with Crippen LogP contribution in [0.2, 0.25) is 0 Å². The highest BCUT2D eigenvalue weighted by Gasteiger charge is 2.10. The van der Waals surface area contributed by atoms with Gasteiger partial charge >= 0.3 is 0 Å². The number of para-hydroxylation sites is 1. The molecule has 0 atom stereocenters. The molecule has 1 aromatic carbocycles. The Morgan fingerprint density at radius 1 is 1.50 bits per heavy atom. The third kappa shape index (κ3) is 3.43. The van der Waals surface area contributed by atoms with Gasteiger partial charge in [-0.25, -0.2) is 10.8 Å². The van der Waals surface area contributed by atoms with Crippen LogP contribution in [0.4, 0.5) is 0 Å². The molecule has 1 heterocycles. The van der Waals surface area contributed by atoms with E-state index in [0.717, 1.165) is 17.7 Å². The summed E-state index contributed by atoms with van der Waals surface area (Å²) in [6.07, 6.45) is 2.57. The van der Waals surface area contributed by atoms with E-state index in [4.69, 9.17) is 10.6 Å². The Bertz CT molecular complexity index is 610. The topological polar surface area (TPSA) is 77.2 Å². The standard InChI is InChI=1S/C14H15N3O2S/c1-2-5-10-6-3-4-7-12(10)19-8-11-9-20-14(16-11)13(18)17-15/h2-4,6-7,9H,1,5,8,15H2,(H,17,18). The van der Waals surface area contributed by atoms with Crippen molar-refractivity contribution in [1.29, 1.82) is 0 Å². The number of hydrogen-bond acceptors (Lipinski definition) is 5. The van der Waals surface area contributed by atoms with Crippen LogP contribution in [0.3, 0.4) is 0 Å². The van der Waals surface area contributed by atoms with E-state index in [-0.39, 0.29) is 0 Å². The summed E-state index contributed by atoms with van der Waals surface area (Å²) in [6.45, 7) is 4.03. The number of hydrogen-bond donors (Lipinski definition) is 2. The minimum Gasteiger partial charge on any atom is -0.487 e. The first-order valence-corrected chi connectivity index (χ1v) is 6.89. The SMILES string of the molecule is C=CCc1ccccc1OCc1csc(C(=O)NN)n1. The van der Waals surface area contributed by atoms with Gasteiger partial charge in [0.2, 0.25) is 0 Å². The van der Waals surface area contributed by atoms with Gasteiger partial charge in [-0.2, -0.15) is 0 Å². The van der Waals surface area contributed by atoms with Gasteiger partial charge in [-0.05, 0) is 18.1 Å². The van der Waals surface area contributed by atoms with Crippen LogP contribution in [0.1, 0.15) is 21.1 Å². The first-order chi connectivity index (χ1) is 9.74. The van der Waals surface area contributed by atoms with E-state index >= 15 is 0 Å². The van der Waals surface area contributed by atoms with Gasteiger partial charge in [-0.1, -0.05) is 24.3 Å². The second-order valence-electron chi connectivity index (χ2n) is 4.01. The van der Waals surface area contributed by atoms with Crippen molar-refractivity contribution in [3.8, 4) is 5.75 Å². The number of ether oxygens (including phenoxy) is 1. The quantitative estimate of drug-likeness (QED) is 0.369. The molecule has 0 unspecified atom stereocenters. The summed E-state index contributed by atoms with van der Waals surface area (Å²) in [4.78, 5) is 15.5. The largest absolute Gasteiger partial charge is 0.487 e. The molecule has 3 N–H and O–H groups in total. The molecule has 6 heteroatoms. The Morgan fingerprint density at radius 2 is 2.30 bits per heavy atom. The maximum Gasteiger partial charge on any atom is 0.294 e. The summed E-state index contributed by atoms with van der Waals surface area (Å²) < 4.78 is 5.74. The zero-order valence-electron chi connectivity index (χ0n) is 10.8. The van der Waals surface area contributed by atoms with E-state index in [2.05, 4.69) is 17.0 Å². The van der Waals surface area contributed by atoms with E-state index in [1.165, 1.54) is 11.3 Å². The number of hydrazine groups is 1. The molecule has 0 bridgehead atoms. The summed E-state index contributed by atoms with van der Waals surface area (Å²) >= 11 is 1.23. The van der Waals surface area contributed by atoms with Crippen LogP contribution in [0, 0.1) is 0 Å². The Balaban J connectivity index is 2.03. The third-order valence-corrected chi connectivity index (χ3v) is 3.48. The molecule has 2 rings (SSSR count). The zero-order valence-corrected chi connectivity index (χ0v) is 11.7. The number of nitrogens with one attached hydrogen (secondary N) is 1. The first kappa shape index (κ1) is 14.2. The minimum atomic E-state index is -0.395. The van der Waals surface area contributed by atoms with Crippen LogP contribution < -0.4 is 16.0 Å². The number of aromatic nitrogens is 1. The number of carbonyl (C=O) groups excluding carboxylic acids is 1. The molecule has 20 heavy (non-hydrogen) atoms. The number of nitrogen functional groups attached to an aromatic ring is 1. The van der Waals surface area contributed by atoms with Gasteiger partial charge in [-0.3, -0.25) is 10.2 Å². The molecule has 1 amide bonds. The molecule has 1 aromatic heterocycles. The normalized spacial score (nSPS) is 10.1. The van der Waals surface area contributed by atoms with E-state index in [1.807, 2.05) is 30.3 Å². The van der Waals surface area contributed by atoms with Gasteiger partial charge in [0.15, 0.2) is 5.01 Å². The molecule has 0 aliphatic heterocycles. The van der Waals surface area contributed by atoms with Gasteiger partial charge in [0.05, 0.1) is 5.69 Å². The average molecular weight is 289 g/mol. The summed E-state index contributed by atoms with van der Waals surface area (Å²) in [6, 6.07) is 7.76. The second-order valence-corrected chi connectivity index (χ2v) is 4.86. The highest BCUT2D eigenvalue weighted by Crippen LogP contribution is 2.20. The monoisotopic (exact) mass is 289 g/mol. The minimum absolute atomic E-state index is 0.308. The van der Waals surface area contributed by atoms with Crippen LogP contribution in [0.15, 0.2) is 42.3 Å². The Kier molecular flexibility index (Phi) is 4.86. The number of nitrogens with zero attached hydrogens (tertiary/aromatic N) is 1. The summed E-state index contributed by atoms with van der Waals surface area (Å²) in [5, 5.41) is 2.10. The van der Waals surface area contributed by atoms with Crippen molar-refractivity contribution in [3.63, 3.8) is 0 Å². The molecule has 0 saturated heterocycles. The van der Waals surface area contributed by atoms with Gasteiger partial charge in [0, 0.05) is 5.38 Å². The Labute approximate surface area is 121 Å². The lowest BCUT2D eigenvalue weighted by atomic mass is 10.1. The van der Waals surface area contributed by atoms with Gasteiger partial charge in [-0.15, -0.1) is 17.9 Å². The molecular formula is C14H15N3O2S. The second kappa shape index (κ2) is 6.83. The van der Waals surface area contributed by atoms with Crippen molar-refractivity contribution < 1.29 is 9.53 Å². The molecule has 0 radical (unpaired) electrons. The number of allylic oxidation sites excluding steroid dienone is 1. The lowest BCUT2D eigenvalue weighted by molar-refractivity contribution is 0.0953. The van der Waals surface area contributed by atoms with E-state index in [0.29, 0.717) is 17.3 Å². The predicted octanol–water partition coefficient (Wildman–Crippen LogP) is 2.05. The van der Waals surface area contributed by atoms with Crippen molar-refractivity contribution >= 4 is 17.2 Å². The van der Waals surface area contributed by atoms with E-state index in [1.54, 1.807) is 5.38 Å².